The van der Waals surface area contributed by atoms with E-state index in [2.05, 4.69) is 166 Å². The molecule has 1 aliphatic carbocycles. The highest BCUT2D eigenvalue weighted by Gasteiger charge is 2.22. The lowest BCUT2D eigenvalue weighted by Crippen LogP contribution is -2.42. The summed E-state index contributed by atoms with van der Waals surface area (Å²) >= 11 is 0. The molecule has 1 saturated carbocycles. The quantitative estimate of drug-likeness (QED) is 0.0631. The molecule has 4 aromatic rings. The third-order valence-corrected chi connectivity index (χ3v) is 7.46. The highest BCUT2D eigenvalue weighted by atomic mass is 16.7. The lowest BCUT2D eigenvalue weighted by atomic mass is 9.91. The van der Waals surface area contributed by atoms with Gasteiger partial charge in [0.25, 0.3) is 0 Å². The summed E-state index contributed by atoms with van der Waals surface area (Å²) in [6, 6.07) is 9.94. The number of nitrogens with zero attached hydrogens (tertiary/aromatic N) is 10. The molecule has 0 spiro atoms. The number of ether oxygens (including phenoxy) is 1. The minimum absolute atomic E-state index is 0. The third-order valence-electron chi connectivity index (χ3n) is 7.46. The first-order valence-electron chi connectivity index (χ1n) is 17.5. The smallest absolute Gasteiger partial charge is 0.352 e. The molecule has 0 aliphatic heterocycles. The molecule has 3 heterocycles. The predicted octanol–water partition coefficient (Wildman–Crippen LogP) is 4.54. The van der Waals surface area contributed by atoms with Gasteiger partial charge in [0.1, 0.15) is 22.9 Å². The van der Waals surface area contributed by atoms with Gasteiger partial charge in [0, 0.05) is 62.2 Å². The van der Waals surface area contributed by atoms with Gasteiger partial charge in [-0.3, -0.25) is 4.57 Å². The first kappa shape index (κ1) is 46.3. The second-order valence-corrected chi connectivity index (χ2v) is 11.3. The summed E-state index contributed by atoms with van der Waals surface area (Å²) in [4.78, 5) is 31.5. The molecule has 18 heteroatoms. The summed E-state index contributed by atoms with van der Waals surface area (Å²) < 4.78 is 8.17. The van der Waals surface area contributed by atoms with Crippen molar-refractivity contribution in [1.29, 1.82) is 0 Å². The molecule has 0 unspecified atom stereocenters. The van der Waals surface area contributed by atoms with Crippen molar-refractivity contribution >= 4 is 22.4 Å². The largest absolute Gasteiger partial charge is 0.497 e. The number of hydrogen-bond acceptors (Lipinski definition) is 11. The maximum absolute atomic E-state index is 13.1. The van der Waals surface area contributed by atoms with Gasteiger partial charge < -0.3 is 31.7 Å². The molecule has 5 rings (SSSR count). The fourth-order valence-corrected chi connectivity index (χ4v) is 4.97. The van der Waals surface area contributed by atoms with Crippen LogP contribution in [0.25, 0.3) is 16.7 Å². The first-order valence-corrected chi connectivity index (χ1v) is 17.5. The van der Waals surface area contributed by atoms with Gasteiger partial charge >= 0.3 is 5.69 Å². The molecule has 0 bridgehead atoms. The van der Waals surface area contributed by atoms with E-state index in [0.29, 0.717) is 17.8 Å². The number of hydrazine groups is 1. The molecular formula is C44H52N14O4. The number of nitrogens with one attached hydrogen (secondary N) is 2. The standard InChI is InChI=1S/C22H25N7O2.C22H2.H3N7O2.11H2/c1-31-16-8-6-14(7-9-16)12-28-20-17(21-25-13-26-29(21)22(28)30)10-15(11-24-20)27-19-5-3-2-4-18(19)23;1-3-5-7-9-11-13-15-17-19-21-22-20-18-16-14-12-10-8-6-4-2;1-2-3-4-5-6-7(8)9;;;;;;;;;;;/h6-11,13,18-19,27H,2-5,12,23H2,1H3;1-2H;(H2,1,3,5)(H,2,4,6);11*1H/t18-,19-;;;;;;;;;;;;;/m0............./s1. The van der Waals surface area contributed by atoms with Crippen LogP contribution in [-0.2, 0) is 6.54 Å². The Labute approximate surface area is 372 Å². The average Bonchev–Trinajstić information content (AvgIpc) is 3.79. The molecular weight excluding hydrogens is 789 g/mol. The summed E-state index contributed by atoms with van der Waals surface area (Å²) in [5, 5.41) is 27.7. The Morgan fingerprint density at radius 1 is 0.855 bits per heavy atom. The number of methoxy groups -OCH3 is 1. The van der Waals surface area contributed by atoms with E-state index in [-0.39, 0.29) is 33.5 Å². The third kappa shape index (κ3) is 16.6. The van der Waals surface area contributed by atoms with Crippen molar-refractivity contribution in [2.75, 3.05) is 12.4 Å². The summed E-state index contributed by atoms with van der Waals surface area (Å²) in [5.74, 6) is 53.4. The van der Waals surface area contributed by atoms with Crippen LogP contribution in [0.4, 0.5) is 5.69 Å². The maximum atomic E-state index is 13.1. The van der Waals surface area contributed by atoms with Crippen LogP contribution in [0.2, 0.25) is 0 Å². The van der Waals surface area contributed by atoms with Crippen LogP contribution in [0.3, 0.4) is 0 Å². The van der Waals surface area contributed by atoms with E-state index in [1.165, 1.54) is 29.2 Å². The minimum atomic E-state index is -0.907. The number of hydrogen-bond donors (Lipinski definition) is 4. The first-order chi connectivity index (χ1) is 30.3. The SMILES string of the molecule is C#CC#CC#CC#CC#CC#CC#CC#CC#CC#CC#C.COc1ccc(Cn2c(=O)n3ncnc3c3cc(N[C@H]4CCCC[C@@H]4N)cnc32)cc1.NN=NN=NN[N+](=O)[O-].[HH].[HH].[HH].[HH].[HH].[HH].[HH].[HH].[HH].[HH].[HH]. The zero-order chi connectivity index (χ0) is 44.6. The lowest BCUT2D eigenvalue weighted by molar-refractivity contribution is -0.546. The molecule has 1 aromatic carbocycles. The Morgan fingerprint density at radius 2 is 1.40 bits per heavy atom. The summed E-state index contributed by atoms with van der Waals surface area (Å²) in [7, 11) is 1.63. The number of terminal acetylenes is 2. The number of nitro groups is 1. The van der Waals surface area contributed by atoms with Crippen molar-refractivity contribution in [2.45, 2.75) is 44.3 Å². The molecule has 2 atom stereocenters. The Kier molecular flexibility index (Phi) is 20.5. The van der Waals surface area contributed by atoms with Crippen LogP contribution in [0.1, 0.15) is 46.9 Å². The molecule has 62 heavy (non-hydrogen) atoms. The van der Waals surface area contributed by atoms with Crippen molar-refractivity contribution in [3.63, 3.8) is 0 Å². The van der Waals surface area contributed by atoms with Gasteiger partial charge in [-0.25, -0.2) is 14.8 Å². The van der Waals surface area contributed by atoms with Crippen LogP contribution < -0.4 is 32.9 Å². The van der Waals surface area contributed by atoms with Crippen molar-refractivity contribution in [2.24, 2.45) is 32.5 Å². The second-order valence-electron chi connectivity index (χ2n) is 11.3. The number of aromatic nitrogens is 5. The lowest BCUT2D eigenvalue weighted by Gasteiger charge is -2.30. The Balaban J connectivity index is -0.000000125. The van der Waals surface area contributed by atoms with E-state index in [1.807, 2.05) is 30.3 Å². The minimum Gasteiger partial charge on any atom is -0.497 e. The van der Waals surface area contributed by atoms with Gasteiger partial charge in [0.2, 0.25) is 0 Å². The number of nitrogens with two attached hydrogens (primary N) is 2. The molecule has 1 fully saturated rings. The zero-order valence-corrected chi connectivity index (χ0v) is 32.6. The number of rotatable bonds is 8. The van der Waals surface area contributed by atoms with E-state index < -0.39 is 5.03 Å². The summed E-state index contributed by atoms with van der Waals surface area (Å²) in [5.41, 5.74) is 10.3. The molecule has 0 amide bonds. The topological polar surface area (TPSA) is 243 Å². The van der Waals surface area contributed by atoms with Gasteiger partial charge in [-0.05, 0) is 131 Å². The summed E-state index contributed by atoms with van der Waals surface area (Å²) in [6.45, 7) is 0.363. The predicted molar refractivity (Wildman–Crippen MR) is 253 cm³/mol. The molecule has 322 valence electrons. The van der Waals surface area contributed by atoms with E-state index in [0.717, 1.165) is 35.2 Å². The van der Waals surface area contributed by atoms with E-state index >= 15 is 0 Å². The summed E-state index contributed by atoms with van der Waals surface area (Å²) in [6.07, 6.45) is 17.4. The van der Waals surface area contributed by atoms with Gasteiger partial charge in [0.15, 0.2) is 10.9 Å². The van der Waals surface area contributed by atoms with E-state index in [4.69, 9.17) is 23.3 Å². The van der Waals surface area contributed by atoms with Crippen LogP contribution >= 0.6 is 0 Å². The number of fused-ring (bicyclic) bond motifs is 3. The van der Waals surface area contributed by atoms with Gasteiger partial charge in [-0.2, -0.15) is 9.61 Å². The average molecular weight is 841 g/mol. The Morgan fingerprint density at radius 3 is 1.90 bits per heavy atom. The molecule has 18 nitrogen and oxygen atoms in total. The Hall–Kier alpha value is -10.1. The fraction of sp³-hybridized carbons (Fsp3) is 0.182. The molecule has 1 aliphatic rings. The van der Waals surface area contributed by atoms with E-state index in [1.54, 1.807) is 17.9 Å². The highest BCUT2D eigenvalue weighted by molar-refractivity contribution is 5.91. The molecule has 0 radical (unpaired) electrons. The Bertz CT molecular complexity index is 3020. The maximum Gasteiger partial charge on any atom is 0.352 e. The molecule has 0 saturated heterocycles. The van der Waals surface area contributed by atoms with Gasteiger partial charge in [-0.15, -0.1) is 12.8 Å². The van der Waals surface area contributed by atoms with Crippen molar-refractivity contribution in [3.8, 4) is 137 Å². The van der Waals surface area contributed by atoms with Crippen LogP contribution in [0.15, 0.2) is 68.5 Å². The fourth-order valence-electron chi connectivity index (χ4n) is 4.97. The number of benzene rings is 1. The highest BCUT2D eigenvalue weighted by Crippen LogP contribution is 2.24. The zero-order valence-electron chi connectivity index (χ0n) is 32.6. The van der Waals surface area contributed by atoms with E-state index in [9.17, 15) is 14.9 Å². The van der Waals surface area contributed by atoms with Crippen LogP contribution in [0.5, 0.6) is 5.75 Å². The number of pyridine rings is 1. The van der Waals surface area contributed by atoms with Gasteiger partial charge in [-0.1, -0.05) is 30.2 Å². The van der Waals surface area contributed by atoms with Crippen LogP contribution in [-0.4, -0.2) is 48.4 Å². The normalized spacial score (nSPS) is 12.4. The van der Waals surface area contributed by atoms with Crippen molar-refractivity contribution < 1.29 is 25.5 Å². The monoisotopic (exact) mass is 840 g/mol. The van der Waals surface area contributed by atoms with Gasteiger partial charge in [0.05, 0.1) is 36.0 Å². The molecule has 6 N–H and O–H groups in total. The van der Waals surface area contributed by atoms with Crippen molar-refractivity contribution in [1.82, 2.24) is 29.7 Å². The van der Waals surface area contributed by atoms with Crippen LogP contribution in [0, 0.1) is 141 Å². The van der Waals surface area contributed by atoms with Crippen molar-refractivity contribution in [3.05, 3.63) is 69.0 Å². The second kappa shape index (κ2) is 27.5. The number of anilines is 1. The molecule has 3 aromatic heterocycles.